The third kappa shape index (κ3) is 4.84. The fourth-order valence-electron chi connectivity index (χ4n) is 5.36. The topological polar surface area (TPSA) is 99.2 Å². The molecule has 4 fully saturated rings. The lowest BCUT2D eigenvalue weighted by molar-refractivity contribution is -0.135. The number of carbonyl (C=O) groups is 3. The number of nitrogens with one attached hydrogen (secondary N) is 1. The molecule has 2 amide bonds. The number of likely N-dealkylation sites (tertiary alicyclic amines) is 2. The van der Waals surface area contributed by atoms with Crippen molar-refractivity contribution < 1.29 is 24.2 Å². The molecule has 1 aromatic carbocycles. The van der Waals surface area contributed by atoms with E-state index in [2.05, 4.69) is 10.2 Å². The van der Waals surface area contributed by atoms with Crippen LogP contribution in [0.5, 0.6) is 5.75 Å². The molecule has 4 aliphatic rings. The number of amides is 2. The molecule has 0 aromatic heterocycles. The molecule has 8 heteroatoms. The summed E-state index contributed by atoms with van der Waals surface area (Å²) < 4.78 is 5.61. The number of fused-ring (bicyclic) bond motifs is 2. The maximum atomic E-state index is 12.6. The van der Waals surface area contributed by atoms with Gasteiger partial charge in [-0.2, -0.15) is 0 Å². The molecule has 168 valence electrons. The van der Waals surface area contributed by atoms with Crippen molar-refractivity contribution in [2.45, 2.75) is 31.2 Å². The van der Waals surface area contributed by atoms with E-state index >= 15 is 0 Å². The first-order valence-corrected chi connectivity index (χ1v) is 11.1. The molecule has 3 saturated heterocycles. The lowest BCUT2D eigenvalue weighted by Gasteiger charge is -2.42. The van der Waals surface area contributed by atoms with Crippen molar-refractivity contribution in [2.75, 3.05) is 39.3 Å². The van der Waals surface area contributed by atoms with E-state index in [1.54, 1.807) is 0 Å². The lowest BCUT2D eigenvalue weighted by atomic mass is 9.75. The number of ether oxygens (including phenoxy) is 1. The minimum atomic E-state index is -0.250. The largest absolute Gasteiger partial charge is 0.484 e. The molecule has 1 aliphatic carbocycles. The van der Waals surface area contributed by atoms with Gasteiger partial charge in [-0.1, -0.05) is 18.2 Å². The van der Waals surface area contributed by atoms with Crippen LogP contribution in [0, 0.1) is 17.8 Å². The highest BCUT2D eigenvalue weighted by atomic mass is 16.5. The monoisotopic (exact) mass is 429 g/mol. The van der Waals surface area contributed by atoms with Gasteiger partial charge in [-0.3, -0.25) is 14.4 Å². The van der Waals surface area contributed by atoms with Gasteiger partial charge in [0.15, 0.2) is 6.61 Å². The molecular weight excluding hydrogens is 398 g/mol. The van der Waals surface area contributed by atoms with Crippen LogP contribution in [0.2, 0.25) is 0 Å². The van der Waals surface area contributed by atoms with Gasteiger partial charge >= 0.3 is 0 Å². The summed E-state index contributed by atoms with van der Waals surface area (Å²) in [5.74, 6) is 2.38. The van der Waals surface area contributed by atoms with Crippen molar-refractivity contribution in [1.82, 2.24) is 15.1 Å². The van der Waals surface area contributed by atoms with E-state index < -0.39 is 0 Å². The van der Waals surface area contributed by atoms with Crippen molar-refractivity contribution in [2.24, 2.45) is 17.8 Å². The van der Waals surface area contributed by atoms with E-state index in [0.29, 0.717) is 19.0 Å². The van der Waals surface area contributed by atoms with Crippen LogP contribution < -0.4 is 10.1 Å². The second-order valence-electron chi connectivity index (χ2n) is 9.11. The molecule has 5 rings (SSSR count). The van der Waals surface area contributed by atoms with E-state index in [-0.39, 0.29) is 36.4 Å². The molecule has 0 radical (unpaired) electrons. The Morgan fingerprint density at radius 2 is 1.87 bits per heavy atom. The number of hydrogen-bond donors (Lipinski definition) is 2. The third-order valence-corrected chi connectivity index (χ3v) is 7.14. The van der Waals surface area contributed by atoms with Crippen LogP contribution >= 0.6 is 0 Å². The van der Waals surface area contributed by atoms with E-state index in [0.717, 1.165) is 44.1 Å². The number of rotatable bonds is 5. The third-order valence-electron chi connectivity index (χ3n) is 7.14. The van der Waals surface area contributed by atoms with Crippen molar-refractivity contribution in [1.29, 1.82) is 0 Å². The lowest BCUT2D eigenvalue weighted by Crippen LogP contribution is -2.56. The highest BCUT2D eigenvalue weighted by Gasteiger charge is 2.57. The maximum absolute atomic E-state index is 12.6. The zero-order valence-electron chi connectivity index (χ0n) is 17.7. The summed E-state index contributed by atoms with van der Waals surface area (Å²) in [6.45, 7) is 4.34. The fourth-order valence-corrected chi connectivity index (χ4v) is 5.36. The number of hydrogen-bond acceptors (Lipinski definition) is 5. The minimum absolute atomic E-state index is 0.0290. The van der Waals surface area contributed by atoms with Gasteiger partial charge in [-0.15, -0.1) is 0 Å². The second kappa shape index (κ2) is 9.26. The molecule has 1 aromatic rings. The summed E-state index contributed by atoms with van der Waals surface area (Å²) in [5.41, 5.74) is -0.114. The predicted octanol–water partition coefficient (Wildman–Crippen LogP) is 1.22. The highest BCUT2D eigenvalue weighted by Crippen LogP contribution is 2.45. The van der Waals surface area contributed by atoms with Gasteiger partial charge < -0.3 is 25.0 Å². The van der Waals surface area contributed by atoms with Crippen molar-refractivity contribution in [3.05, 3.63) is 30.3 Å². The summed E-state index contributed by atoms with van der Waals surface area (Å²) in [7, 11) is 0. The van der Waals surface area contributed by atoms with E-state index in [4.69, 9.17) is 14.6 Å². The van der Waals surface area contributed by atoms with E-state index in [1.807, 2.05) is 35.2 Å². The zero-order valence-corrected chi connectivity index (χ0v) is 17.7. The first-order chi connectivity index (χ1) is 15.0. The summed E-state index contributed by atoms with van der Waals surface area (Å²) >= 11 is 0. The molecular formula is C23H31N3O5. The number of benzene rings is 1. The zero-order chi connectivity index (χ0) is 21.8. The van der Waals surface area contributed by atoms with Gasteiger partial charge in [0.25, 0.3) is 12.4 Å². The number of para-hydroxylation sites is 1. The average molecular weight is 430 g/mol. The molecule has 3 aliphatic heterocycles. The summed E-state index contributed by atoms with van der Waals surface area (Å²) in [6.07, 6.45) is 4.42. The SMILES string of the molecule is O=C1NC2(CCN(C(=O)COc3ccccc3)CC2)[C@H]2CN(CC3CC3)C[C@@H]12.O=CO. The Balaban J connectivity index is 0.000000730. The Labute approximate surface area is 182 Å². The normalized spacial score (nSPS) is 26.6. The second-order valence-corrected chi connectivity index (χ2v) is 9.11. The molecule has 8 nitrogen and oxygen atoms in total. The number of piperidine rings is 1. The molecule has 0 unspecified atom stereocenters. The molecule has 2 atom stereocenters. The predicted molar refractivity (Wildman–Crippen MR) is 113 cm³/mol. The smallest absolute Gasteiger partial charge is 0.290 e. The number of carboxylic acid groups (broad SMARTS) is 1. The van der Waals surface area contributed by atoms with Crippen LogP contribution in [-0.2, 0) is 14.4 Å². The molecule has 0 bridgehead atoms. The van der Waals surface area contributed by atoms with Gasteiger partial charge in [-0.25, -0.2) is 0 Å². The van der Waals surface area contributed by atoms with Gasteiger partial charge in [0.2, 0.25) is 5.91 Å². The van der Waals surface area contributed by atoms with Crippen molar-refractivity contribution >= 4 is 18.3 Å². The van der Waals surface area contributed by atoms with Gasteiger partial charge in [0, 0.05) is 44.2 Å². The fraction of sp³-hybridized carbons (Fsp3) is 0.609. The average Bonchev–Trinajstić information content (AvgIpc) is 3.43. The summed E-state index contributed by atoms with van der Waals surface area (Å²) in [4.78, 5) is 37.9. The van der Waals surface area contributed by atoms with Crippen molar-refractivity contribution in [3.63, 3.8) is 0 Å². The molecule has 1 spiro atoms. The van der Waals surface area contributed by atoms with Crippen LogP contribution in [0.3, 0.4) is 0 Å². The summed E-state index contributed by atoms with van der Waals surface area (Å²) in [6, 6.07) is 9.45. The highest BCUT2D eigenvalue weighted by molar-refractivity contribution is 5.84. The first kappa shape index (κ1) is 21.6. The Kier molecular flexibility index (Phi) is 6.46. The number of carbonyl (C=O) groups excluding carboxylic acids is 2. The number of nitrogens with zero attached hydrogens (tertiary/aromatic N) is 2. The van der Waals surface area contributed by atoms with Crippen LogP contribution in [0.25, 0.3) is 0 Å². The molecule has 2 N–H and O–H groups in total. The minimum Gasteiger partial charge on any atom is -0.484 e. The van der Waals surface area contributed by atoms with Gasteiger partial charge in [0.05, 0.1) is 5.92 Å². The van der Waals surface area contributed by atoms with Crippen LogP contribution in [-0.4, -0.2) is 78.1 Å². The Hall–Kier alpha value is -2.61. The maximum Gasteiger partial charge on any atom is 0.290 e. The quantitative estimate of drug-likeness (QED) is 0.683. The molecule has 1 saturated carbocycles. The van der Waals surface area contributed by atoms with Gasteiger partial charge in [0.1, 0.15) is 5.75 Å². The van der Waals surface area contributed by atoms with Crippen molar-refractivity contribution in [3.8, 4) is 5.75 Å². The van der Waals surface area contributed by atoms with E-state index in [9.17, 15) is 9.59 Å². The van der Waals surface area contributed by atoms with Crippen LogP contribution in [0.15, 0.2) is 30.3 Å². The van der Waals surface area contributed by atoms with E-state index in [1.165, 1.54) is 12.8 Å². The van der Waals surface area contributed by atoms with Crippen LogP contribution in [0.4, 0.5) is 0 Å². The Morgan fingerprint density at radius 1 is 1.19 bits per heavy atom. The molecule has 3 heterocycles. The Bertz CT molecular complexity index is 790. The van der Waals surface area contributed by atoms with Gasteiger partial charge in [-0.05, 0) is 43.7 Å². The Morgan fingerprint density at radius 3 is 2.52 bits per heavy atom. The first-order valence-electron chi connectivity index (χ1n) is 11.1. The summed E-state index contributed by atoms with van der Waals surface area (Å²) in [5, 5.41) is 10.2. The van der Waals surface area contributed by atoms with Crippen LogP contribution in [0.1, 0.15) is 25.7 Å². The standard InChI is InChI=1S/C22H29N3O3.CH2O2/c26-20(15-28-17-4-2-1-3-5-17)25-10-8-22(9-11-25)19-14-24(12-16-6-7-16)13-18(19)21(27)23-22;2-1-3/h1-5,16,18-19H,6-15H2,(H,23,27);1H,(H,2,3)/t18-,19+;/m1./s1. The molecule has 31 heavy (non-hydrogen) atoms.